The summed E-state index contributed by atoms with van der Waals surface area (Å²) in [5, 5.41) is 3.46. The zero-order valence-electron chi connectivity index (χ0n) is 12.1. The summed E-state index contributed by atoms with van der Waals surface area (Å²) >= 11 is 0. The van der Waals surface area contributed by atoms with E-state index < -0.39 is 0 Å². The van der Waals surface area contributed by atoms with Crippen LogP contribution in [0.2, 0.25) is 0 Å². The number of nitrogens with zero attached hydrogens (tertiary/aromatic N) is 1. The number of hydrogen-bond donors (Lipinski definition) is 1. The Kier molecular flexibility index (Phi) is 8.86. The molecule has 0 amide bonds. The van der Waals surface area contributed by atoms with Gasteiger partial charge in [0.15, 0.2) is 0 Å². The summed E-state index contributed by atoms with van der Waals surface area (Å²) in [7, 11) is 0. The summed E-state index contributed by atoms with van der Waals surface area (Å²) < 4.78 is 0. The van der Waals surface area contributed by atoms with Crippen LogP contribution in [0.4, 0.5) is 5.69 Å². The van der Waals surface area contributed by atoms with Gasteiger partial charge in [-0.3, -0.25) is 0 Å². The Morgan fingerprint density at radius 2 is 1.61 bits per heavy atom. The number of benzene rings is 1. The molecule has 0 unspecified atom stereocenters. The molecule has 0 bridgehead atoms. The molecule has 18 heavy (non-hydrogen) atoms. The second-order valence-electron chi connectivity index (χ2n) is 4.86. The lowest BCUT2D eigenvalue weighted by molar-refractivity contribution is 0.552. The quantitative estimate of drug-likeness (QED) is 0.813. The van der Waals surface area contributed by atoms with Gasteiger partial charge in [0.05, 0.1) is 0 Å². The number of anilines is 1. The molecule has 3 heteroatoms. The van der Waals surface area contributed by atoms with Crippen LogP contribution in [-0.4, -0.2) is 19.6 Å². The van der Waals surface area contributed by atoms with E-state index in [1.807, 2.05) is 0 Å². The maximum atomic E-state index is 3.46. The highest BCUT2D eigenvalue weighted by molar-refractivity contribution is 5.85. The molecule has 0 aliphatic rings. The Hall–Kier alpha value is -0.730. The molecular formula is C15H27ClN2. The minimum absolute atomic E-state index is 0. The highest BCUT2D eigenvalue weighted by Gasteiger charge is 2.01. The highest BCUT2D eigenvalue weighted by atomic mass is 35.5. The van der Waals surface area contributed by atoms with Gasteiger partial charge in [-0.25, -0.2) is 0 Å². The smallest absolute Gasteiger partial charge is 0.0366 e. The van der Waals surface area contributed by atoms with Crippen molar-refractivity contribution in [3.05, 3.63) is 29.8 Å². The van der Waals surface area contributed by atoms with Gasteiger partial charge in [-0.05, 0) is 44.0 Å². The zero-order chi connectivity index (χ0) is 12.7. The highest BCUT2D eigenvalue weighted by Crippen LogP contribution is 2.14. The van der Waals surface area contributed by atoms with Crippen LogP contribution in [0.5, 0.6) is 0 Å². The van der Waals surface area contributed by atoms with Gasteiger partial charge in [0.2, 0.25) is 0 Å². The second-order valence-corrected chi connectivity index (χ2v) is 4.86. The SMILES string of the molecule is CCN(CC)c1ccc(CNCC(C)C)cc1.Cl. The van der Waals surface area contributed by atoms with E-state index in [2.05, 4.69) is 62.2 Å². The van der Waals surface area contributed by atoms with Crippen molar-refractivity contribution in [1.29, 1.82) is 0 Å². The Labute approximate surface area is 118 Å². The van der Waals surface area contributed by atoms with Crippen LogP contribution in [0.25, 0.3) is 0 Å². The first kappa shape index (κ1) is 17.3. The first-order valence-electron chi connectivity index (χ1n) is 6.72. The third-order valence-corrected chi connectivity index (χ3v) is 2.95. The van der Waals surface area contributed by atoms with Crippen molar-refractivity contribution in [1.82, 2.24) is 5.32 Å². The van der Waals surface area contributed by atoms with Crippen molar-refractivity contribution in [2.24, 2.45) is 5.92 Å². The molecule has 0 aromatic heterocycles. The predicted molar refractivity (Wildman–Crippen MR) is 83.8 cm³/mol. The van der Waals surface area contributed by atoms with Gasteiger partial charge < -0.3 is 10.2 Å². The van der Waals surface area contributed by atoms with E-state index >= 15 is 0 Å². The molecule has 104 valence electrons. The van der Waals surface area contributed by atoms with Gasteiger partial charge in [-0.2, -0.15) is 0 Å². The lowest BCUT2D eigenvalue weighted by Gasteiger charge is -2.21. The maximum absolute atomic E-state index is 3.46. The number of nitrogens with one attached hydrogen (secondary N) is 1. The van der Waals surface area contributed by atoms with Crippen LogP contribution in [0.15, 0.2) is 24.3 Å². The summed E-state index contributed by atoms with van der Waals surface area (Å²) in [5.41, 5.74) is 2.68. The monoisotopic (exact) mass is 270 g/mol. The molecule has 1 aromatic rings. The Morgan fingerprint density at radius 3 is 2.06 bits per heavy atom. The average Bonchev–Trinajstić information content (AvgIpc) is 2.32. The summed E-state index contributed by atoms with van der Waals surface area (Å²) in [6, 6.07) is 8.89. The van der Waals surface area contributed by atoms with E-state index in [9.17, 15) is 0 Å². The standard InChI is InChI=1S/C15H26N2.ClH/c1-5-17(6-2)15-9-7-14(8-10-15)12-16-11-13(3)4;/h7-10,13,16H,5-6,11-12H2,1-4H3;1H. The summed E-state index contributed by atoms with van der Waals surface area (Å²) in [5.74, 6) is 0.713. The summed E-state index contributed by atoms with van der Waals surface area (Å²) in [6.45, 7) is 13.0. The predicted octanol–water partition coefficient (Wildman–Crippen LogP) is 3.70. The molecule has 0 radical (unpaired) electrons. The molecule has 0 aliphatic heterocycles. The van der Waals surface area contributed by atoms with Crippen LogP contribution in [0.1, 0.15) is 33.3 Å². The third-order valence-electron chi connectivity index (χ3n) is 2.95. The first-order valence-corrected chi connectivity index (χ1v) is 6.72. The van der Waals surface area contributed by atoms with Gasteiger partial charge >= 0.3 is 0 Å². The molecule has 0 aliphatic carbocycles. The molecule has 0 spiro atoms. The third kappa shape index (κ3) is 5.74. The van der Waals surface area contributed by atoms with Crippen LogP contribution in [-0.2, 0) is 6.54 Å². The molecule has 1 aromatic carbocycles. The molecule has 1 rings (SSSR count). The number of halogens is 1. The van der Waals surface area contributed by atoms with Crippen LogP contribution < -0.4 is 10.2 Å². The molecule has 0 saturated carbocycles. The zero-order valence-corrected chi connectivity index (χ0v) is 12.9. The molecule has 0 atom stereocenters. The van der Waals surface area contributed by atoms with Crippen molar-refractivity contribution in [2.75, 3.05) is 24.5 Å². The van der Waals surface area contributed by atoms with Crippen LogP contribution >= 0.6 is 12.4 Å². The first-order chi connectivity index (χ1) is 8.17. The summed E-state index contributed by atoms with van der Waals surface area (Å²) in [4.78, 5) is 2.37. The molecule has 2 nitrogen and oxygen atoms in total. The molecule has 1 N–H and O–H groups in total. The van der Waals surface area contributed by atoms with Crippen molar-refractivity contribution in [3.8, 4) is 0 Å². The largest absolute Gasteiger partial charge is 0.372 e. The van der Waals surface area contributed by atoms with Crippen molar-refractivity contribution in [2.45, 2.75) is 34.2 Å². The van der Waals surface area contributed by atoms with Gasteiger partial charge in [0.1, 0.15) is 0 Å². The van der Waals surface area contributed by atoms with Crippen LogP contribution in [0.3, 0.4) is 0 Å². The van der Waals surface area contributed by atoms with E-state index in [1.165, 1.54) is 11.3 Å². The molecular weight excluding hydrogens is 244 g/mol. The lowest BCUT2D eigenvalue weighted by Crippen LogP contribution is -2.22. The second kappa shape index (κ2) is 9.23. The van der Waals surface area contributed by atoms with E-state index in [-0.39, 0.29) is 12.4 Å². The number of rotatable bonds is 7. The minimum atomic E-state index is 0. The average molecular weight is 271 g/mol. The molecule has 0 heterocycles. The fourth-order valence-electron chi connectivity index (χ4n) is 1.92. The summed E-state index contributed by atoms with van der Waals surface area (Å²) in [6.07, 6.45) is 0. The van der Waals surface area contributed by atoms with Gasteiger partial charge in [-0.15, -0.1) is 12.4 Å². The van der Waals surface area contributed by atoms with Gasteiger partial charge in [0, 0.05) is 25.3 Å². The van der Waals surface area contributed by atoms with Crippen molar-refractivity contribution in [3.63, 3.8) is 0 Å². The number of hydrogen-bond acceptors (Lipinski definition) is 2. The topological polar surface area (TPSA) is 15.3 Å². The lowest BCUT2D eigenvalue weighted by atomic mass is 10.1. The van der Waals surface area contributed by atoms with Crippen LogP contribution in [0, 0.1) is 5.92 Å². The van der Waals surface area contributed by atoms with E-state index in [1.54, 1.807) is 0 Å². The van der Waals surface area contributed by atoms with Gasteiger partial charge in [-0.1, -0.05) is 26.0 Å². The molecule has 0 saturated heterocycles. The maximum Gasteiger partial charge on any atom is 0.0366 e. The fourth-order valence-corrected chi connectivity index (χ4v) is 1.92. The van der Waals surface area contributed by atoms with Crippen molar-refractivity contribution < 1.29 is 0 Å². The molecule has 0 fully saturated rings. The Morgan fingerprint density at radius 1 is 1.06 bits per heavy atom. The van der Waals surface area contributed by atoms with E-state index in [0.29, 0.717) is 5.92 Å². The van der Waals surface area contributed by atoms with Gasteiger partial charge in [0.25, 0.3) is 0 Å². The Bertz CT molecular complexity index is 305. The van der Waals surface area contributed by atoms with E-state index in [0.717, 1.165) is 26.2 Å². The fraction of sp³-hybridized carbons (Fsp3) is 0.600. The van der Waals surface area contributed by atoms with E-state index in [4.69, 9.17) is 0 Å². The Balaban J connectivity index is 0.00000289. The normalized spacial score (nSPS) is 10.3. The minimum Gasteiger partial charge on any atom is -0.372 e. The van der Waals surface area contributed by atoms with Crippen molar-refractivity contribution >= 4 is 18.1 Å².